The number of rotatable bonds is 2. The lowest BCUT2D eigenvalue weighted by molar-refractivity contribution is 0.240. The van der Waals surface area contributed by atoms with E-state index < -0.39 is 0 Å². The number of nitrogen functional groups attached to an aromatic ring is 1. The molecule has 1 heterocycles. The van der Waals surface area contributed by atoms with Crippen LogP contribution >= 0.6 is 0 Å². The first-order valence-electron chi connectivity index (χ1n) is 5.93. The molecule has 0 amide bonds. The van der Waals surface area contributed by atoms with E-state index in [2.05, 4.69) is 11.0 Å². The number of nitrogens with two attached hydrogens (primary N) is 1. The highest BCUT2D eigenvalue weighted by Gasteiger charge is 2.23. The van der Waals surface area contributed by atoms with E-state index in [0.717, 1.165) is 31.5 Å². The normalized spacial score (nSPS) is 20.0. The van der Waals surface area contributed by atoms with Crippen molar-refractivity contribution in [2.24, 2.45) is 0 Å². The van der Waals surface area contributed by atoms with E-state index in [1.165, 1.54) is 0 Å². The van der Waals surface area contributed by atoms with Gasteiger partial charge >= 0.3 is 0 Å². The summed E-state index contributed by atoms with van der Waals surface area (Å²) in [4.78, 5) is 2.15. The number of hydrogen-bond donors (Lipinski definition) is 2. The molecule has 0 bridgehead atoms. The molecule has 0 saturated carbocycles. The fourth-order valence-corrected chi connectivity index (χ4v) is 2.39. The van der Waals surface area contributed by atoms with Crippen LogP contribution in [0.3, 0.4) is 0 Å². The van der Waals surface area contributed by atoms with Crippen LogP contribution in [0.2, 0.25) is 0 Å². The maximum absolute atomic E-state index is 9.38. The van der Waals surface area contributed by atoms with E-state index in [4.69, 9.17) is 11.0 Å². The van der Waals surface area contributed by atoms with Gasteiger partial charge in [-0.2, -0.15) is 5.26 Å². The van der Waals surface area contributed by atoms with Crippen LogP contribution in [-0.4, -0.2) is 24.3 Å². The van der Waals surface area contributed by atoms with Crippen molar-refractivity contribution in [2.45, 2.75) is 25.3 Å². The van der Waals surface area contributed by atoms with Gasteiger partial charge in [0.1, 0.15) is 0 Å². The highest BCUT2D eigenvalue weighted by atomic mass is 16.3. The topological polar surface area (TPSA) is 73.3 Å². The summed E-state index contributed by atoms with van der Waals surface area (Å²) in [6.07, 6.45) is 3.27. The molecule has 1 atom stereocenters. The van der Waals surface area contributed by atoms with Gasteiger partial charge in [0.15, 0.2) is 0 Å². The van der Waals surface area contributed by atoms with E-state index in [9.17, 15) is 5.11 Å². The Balaban J connectivity index is 2.29. The lowest BCUT2D eigenvalue weighted by Gasteiger charge is -2.37. The molecule has 17 heavy (non-hydrogen) atoms. The highest BCUT2D eigenvalue weighted by molar-refractivity contribution is 5.70. The first-order chi connectivity index (χ1) is 8.26. The van der Waals surface area contributed by atoms with Gasteiger partial charge in [0.2, 0.25) is 0 Å². The van der Waals surface area contributed by atoms with Gasteiger partial charge in [-0.3, -0.25) is 0 Å². The van der Waals surface area contributed by atoms with Crippen LogP contribution in [0.4, 0.5) is 11.4 Å². The van der Waals surface area contributed by atoms with E-state index in [0.29, 0.717) is 11.3 Å². The van der Waals surface area contributed by atoms with Gasteiger partial charge in [0.05, 0.1) is 35.7 Å². The molecule has 1 aromatic carbocycles. The van der Waals surface area contributed by atoms with Gasteiger partial charge in [-0.15, -0.1) is 0 Å². The lowest BCUT2D eigenvalue weighted by atomic mass is 10.0. The Hall–Kier alpha value is -1.73. The predicted molar refractivity (Wildman–Crippen MR) is 67.6 cm³/mol. The summed E-state index contributed by atoms with van der Waals surface area (Å²) < 4.78 is 0. The summed E-state index contributed by atoms with van der Waals surface area (Å²) in [6.45, 7) is 1.07. The number of anilines is 2. The van der Waals surface area contributed by atoms with Gasteiger partial charge in [0.25, 0.3) is 0 Å². The van der Waals surface area contributed by atoms with Gasteiger partial charge in [-0.05, 0) is 37.5 Å². The number of nitriles is 1. The Bertz CT molecular complexity index is 439. The monoisotopic (exact) mass is 231 g/mol. The number of benzene rings is 1. The summed E-state index contributed by atoms with van der Waals surface area (Å²) in [5, 5.41) is 18.2. The molecule has 0 aliphatic carbocycles. The van der Waals surface area contributed by atoms with E-state index >= 15 is 0 Å². The maximum Gasteiger partial charge on any atom is 0.0992 e. The van der Waals surface area contributed by atoms with Crippen LogP contribution in [0, 0.1) is 11.3 Å². The summed E-state index contributed by atoms with van der Waals surface area (Å²) in [5.74, 6) is 0. The fraction of sp³-hybridized carbons (Fsp3) is 0.462. The van der Waals surface area contributed by atoms with E-state index in [1.54, 1.807) is 12.1 Å². The van der Waals surface area contributed by atoms with Crippen LogP contribution in [0.15, 0.2) is 18.2 Å². The molecule has 1 aliphatic heterocycles. The molecule has 1 aliphatic rings. The predicted octanol–water partition coefficient (Wildman–Crippen LogP) is 1.49. The van der Waals surface area contributed by atoms with Crippen molar-refractivity contribution < 1.29 is 5.11 Å². The molecule has 3 N–H and O–H groups in total. The van der Waals surface area contributed by atoms with Crippen molar-refractivity contribution >= 4 is 11.4 Å². The average molecular weight is 231 g/mol. The Labute approximate surface area is 101 Å². The highest BCUT2D eigenvalue weighted by Crippen LogP contribution is 2.30. The first-order valence-corrected chi connectivity index (χ1v) is 5.93. The van der Waals surface area contributed by atoms with Crippen LogP contribution < -0.4 is 10.6 Å². The SMILES string of the molecule is N#Cc1ccc(N2CCCCC2CO)c(N)c1. The van der Waals surface area contributed by atoms with E-state index in [1.807, 2.05) is 6.07 Å². The van der Waals surface area contributed by atoms with Crippen molar-refractivity contribution in [1.82, 2.24) is 0 Å². The Morgan fingerprint density at radius 3 is 2.94 bits per heavy atom. The van der Waals surface area contributed by atoms with Crippen LogP contribution in [0.1, 0.15) is 24.8 Å². The van der Waals surface area contributed by atoms with Crippen LogP contribution in [-0.2, 0) is 0 Å². The van der Waals surface area contributed by atoms with Crippen LogP contribution in [0.25, 0.3) is 0 Å². The minimum absolute atomic E-state index is 0.152. The van der Waals surface area contributed by atoms with Crippen molar-refractivity contribution in [3.05, 3.63) is 23.8 Å². The molecule has 1 unspecified atom stereocenters. The zero-order valence-electron chi connectivity index (χ0n) is 9.76. The fourth-order valence-electron chi connectivity index (χ4n) is 2.39. The van der Waals surface area contributed by atoms with Gasteiger partial charge in [0, 0.05) is 6.54 Å². The minimum Gasteiger partial charge on any atom is -0.397 e. The third kappa shape index (κ3) is 2.34. The summed E-state index contributed by atoms with van der Waals surface area (Å²) in [7, 11) is 0. The molecule has 1 saturated heterocycles. The zero-order valence-corrected chi connectivity index (χ0v) is 9.76. The molecule has 0 aromatic heterocycles. The standard InChI is InChI=1S/C13H17N3O/c14-8-10-4-5-13(12(15)7-10)16-6-2-1-3-11(16)9-17/h4-5,7,11,17H,1-3,6,9,15H2. The molecule has 0 spiro atoms. The van der Waals surface area contributed by atoms with Gasteiger partial charge in [-0.1, -0.05) is 0 Å². The molecular formula is C13H17N3O. The van der Waals surface area contributed by atoms with Crippen molar-refractivity contribution in [3.63, 3.8) is 0 Å². The van der Waals surface area contributed by atoms with Gasteiger partial charge < -0.3 is 15.7 Å². The maximum atomic E-state index is 9.38. The summed E-state index contributed by atoms with van der Waals surface area (Å²) in [6, 6.07) is 7.57. The summed E-state index contributed by atoms with van der Waals surface area (Å²) >= 11 is 0. The number of nitrogens with zero attached hydrogens (tertiary/aromatic N) is 2. The second-order valence-corrected chi connectivity index (χ2v) is 4.41. The number of piperidine rings is 1. The first kappa shape index (κ1) is 11.7. The quantitative estimate of drug-likeness (QED) is 0.756. The molecule has 1 aromatic rings. The Morgan fingerprint density at radius 1 is 1.47 bits per heavy atom. The van der Waals surface area contributed by atoms with E-state index in [-0.39, 0.29) is 12.6 Å². The molecule has 90 valence electrons. The minimum atomic E-state index is 0.152. The molecule has 1 fully saturated rings. The third-order valence-electron chi connectivity index (χ3n) is 3.30. The number of aliphatic hydroxyl groups excluding tert-OH is 1. The molecule has 0 radical (unpaired) electrons. The Kier molecular flexibility index (Phi) is 3.50. The van der Waals surface area contributed by atoms with Crippen molar-refractivity contribution in [2.75, 3.05) is 23.8 Å². The Morgan fingerprint density at radius 2 is 2.29 bits per heavy atom. The summed E-state index contributed by atoms with van der Waals surface area (Å²) in [5.41, 5.74) is 8.09. The average Bonchev–Trinajstić information content (AvgIpc) is 2.38. The van der Waals surface area contributed by atoms with Crippen molar-refractivity contribution in [1.29, 1.82) is 5.26 Å². The number of hydrogen-bond acceptors (Lipinski definition) is 4. The second-order valence-electron chi connectivity index (χ2n) is 4.41. The molecule has 4 nitrogen and oxygen atoms in total. The third-order valence-corrected chi connectivity index (χ3v) is 3.30. The lowest BCUT2D eigenvalue weighted by Crippen LogP contribution is -2.42. The zero-order chi connectivity index (χ0) is 12.3. The smallest absolute Gasteiger partial charge is 0.0992 e. The number of aliphatic hydroxyl groups is 1. The van der Waals surface area contributed by atoms with Crippen molar-refractivity contribution in [3.8, 4) is 6.07 Å². The van der Waals surface area contributed by atoms with Gasteiger partial charge in [-0.25, -0.2) is 0 Å². The largest absolute Gasteiger partial charge is 0.397 e. The second kappa shape index (κ2) is 5.07. The molecule has 4 heteroatoms. The molecular weight excluding hydrogens is 214 g/mol. The molecule has 2 rings (SSSR count). The van der Waals surface area contributed by atoms with Crippen LogP contribution in [0.5, 0.6) is 0 Å².